The molecule has 2 saturated heterocycles. The number of hydrogen-bond donors (Lipinski definition) is 1. The summed E-state index contributed by atoms with van der Waals surface area (Å²) in [4.78, 5) is 0. The fourth-order valence-electron chi connectivity index (χ4n) is 8.68. The van der Waals surface area contributed by atoms with E-state index >= 15 is 0 Å². The Morgan fingerprint density at radius 2 is 1.43 bits per heavy atom. The predicted molar refractivity (Wildman–Crippen MR) is 93.6 cm³/mol. The molecule has 6 rings (SSSR count). The molecule has 2 nitrogen and oxygen atoms in total. The molecule has 130 valence electrons. The van der Waals surface area contributed by atoms with Gasteiger partial charge in [-0.05, 0) is 81.0 Å². The lowest BCUT2D eigenvalue weighted by molar-refractivity contribution is -0.232. The average Bonchev–Trinajstić information content (AvgIpc) is 2.36. The Morgan fingerprint density at radius 3 is 1.96 bits per heavy atom. The number of fused-ring (bicyclic) bond motifs is 2. The average molecular weight is 337 g/mol. The molecule has 0 spiro atoms. The molecule has 6 aliphatic rings. The van der Waals surface area contributed by atoms with Gasteiger partial charge in [0.1, 0.15) is 0 Å². The van der Waals surface area contributed by atoms with Gasteiger partial charge < -0.3 is 5.11 Å². The highest BCUT2D eigenvalue weighted by Gasteiger charge is 2.67. The zero-order valence-corrected chi connectivity index (χ0v) is 15.6. The zero-order chi connectivity index (χ0) is 16.1. The van der Waals surface area contributed by atoms with Gasteiger partial charge in [0, 0.05) is 26.7 Å². The second kappa shape index (κ2) is 4.44. The van der Waals surface area contributed by atoms with Crippen LogP contribution in [0.1, 0.15) is 84.5 Å². The van der Waals surface area contributed by atoms with E-state index in [0.29, 0.717) is 10.8 Å². The van der Waals surface area contributed by atoms with Gasteiger partial charge >= 0.3 is 0 Å². The molecule has 3 heteroatoms. The summed E-state index contributed by atoms with van der Waals surface area (Å²) in [7, 11) is -0.676. The molecule has 4 atom stereocenters. The maximum absolute atomic E-state index is 12.6. The van der Waals surface area contributed by atoms with Crippen LogP contribution < -0.4 is 0 Å². The minimum atomic E-state index is -0.676. The van der Waals surface area contributed by atoms with Crippen molar-refractivity contribution < 1.29 is 9.32 Å². The third-order valence-electron chi connectivity index (χ3n) is 8.45. The Morgan fingerprint density at radius 1 is 0.870 bits per heavy atom. The summed E-state index contributed by atoms with van der Waals surface area (Å²) in [6.07, 6.45) is 12.9. The zero-order valence-electron chi connectivity index (χ0n) is 14.8. The molecule has 4 aliphatic carbocycles. The summed E-state index contributed by atoms with van der Waals surface area (Å²) in [5.41, 5.74) is 0.512. The highest BCUT2D eigenvalue weighted by molar-refractivity contribution is 7.86. The van der Waals surface area contributed by atoms with Crippen LogP contribution in [-0.4, -0.2) is 25.4 Å². The second-order valence-corrected chi connectivity index (χ2v) is 12.8. The Balaban J connectivity index is 1.54. The molecule has 2 heterocycles. The predicted octanol–water partition coefficient (Wildman–Crippen LogP) is 4.18. The summed E-state index contributed by atoms with van der Waals surface area (Å²) in [6.45, 7) is 4.99. The molecule has 4 unspecified atom stereocenters. The van der Waals surface area contributed by atoms with Gasteiger partial charge in [0.2, 0.25) is 0 Å². The summed E-state index contributed by atoms with van der Waals surface area (Å²) >= 11 is 0. The van der Waals surface area contributed by atoms with Gasteiger partial charge in [-0.3, -0.25) is 4.21 Å². The van der Waals surface area contributed by atoms with Crippen molar-refractivity contribution in [1.82, 2.24) is 0 Å². The fraction of sp³-hybridized carbons (Fsp3) is 1.00. The first-order chi connectivity index (χ1) is 10.7. The van der Waals surface area contributed by atoms with E-state index in [9.17, 15) is 9.32 Å². The van der Waals surface area contributed by atoms with Gasteiger partial charge in [-0.1, -0.05) is 20.3 Å². The molecule has 6 bridgehead atoms. The third-order valence-corrected chi connectivity index (χ3v) is 10.6. The maximum Gasteiger partial charge on any atom is 0.0727 e. The molecule has 0 aromatic heterocycles. The molecule has 2 aliphatic heterocycles. The third kappa shape index (κ3) is 2.05. The molecular formula is C20H32O2S. The van der Waals surface area contributed by atoms with Crippen LogP contribution in [0.25, 0.3) is 0 Å². The molecule has 0 amide bonds. The van der Waals surface area contributed by atoms with Crippen molar-refractivity contribution in [1.29, 1.82) is 0 Å². The summed E-state index contributed by atoms with van der Waals surface area (Å²) in [5, 5.41) is 12.5. The van der Waals surface area contributed by atoms with Crippen LogP contribution in [0.4, 0.5) is 0 Å². The largest absolute Gasteiger partial charge is 0.389 e. The van der Waals surface area contributed by atoms with Gasteiger partial charge in [-0.25, -0.2) is 0 Å². The second-order valence-electron chi connectivity index (χ2n) is 10.9. The van der Waals surface area contributed by atoms with Crippen molar-refractivity contribution in [2.24, 2.45) is 22.2 Å². The number of aliphatic hydroxyl groups is 1. The van der Waals surface area contributed by atoms with Crippen LogP contribution >= 0.6 is 0 Å². The van der Waals surface area contributed by atoms with E-state index in [-0.39, 0.29) is 15.9 Å². The molecule has 23 heavy (non-hydrogen) atoms. The van der Waals surface area contributed by atoms with Gasteiger partial charge in [0.15, 0.2) is 0 Å². The van der Waals surface area contributed by atoms with Crippen LogP contribution in [-0.2, 0) is 10.8 Å². The maximum atomic E-state index is 12.6. The van der Waals surface area contributed by atoms with Crippen LogP contribution in [0, 0.1) is 22.2 Å². The molecule has 0 aromatic rings. The van der Waals surface area contributed by atoms with Crippen molar-refractivity contribution >= 4 is 10.8 Å². The monoisotopic (exact) mass is 336 g/mol. The minimum Gasteiger partial charge on any atom is -0.389 e. The minimum absolute atomic E-state index is 0.133. The molecule has 4 saturated carbocycles. The van der Waals surface area contributed by atoms with Crippen molar-refractivity contribution in [2.45, 2.75) is 101 Å². The van der Waals surface area contributed by atoms with Crippen LogP contribution in [0.15, 0.2) is 0 Å². The van der Waals surface area contributed by atoms with E-state index in [2.05, 4.69) is 13.8 Å². The normalized spacial score (nSPS) is 64.1. The van der Waals surface area contributed by atoms with Gasteiger partial charge in [-0.15, -0.1) is 0 Å². The number of hydrogen-bond acceptors (Lipinski definition) is 2. The van der Waals surface area contributed by atoms with E-state index in [1.54, 1.807) is 0 Å². The lowest BCUT2D eigenvalue weighted by Gasteiger charge is -2.70. The molecule has 0 radical (unpaired) electrons. The van der Waals surface area contributed by atoms with E-state index in [1.165, 1.54) is 44.9 Å². The Labute approximate surface area is 143 Å². The SMILES string of the molecule is CC12CC3CC(C)(C1)CC(C1(O)CC4CCCC(C1)S4=O)(C3)C2. The fourth-order valence-corrected chi connectivity index (χ4v) is 10.9. The van der Waals surface area contributed by atoms with Crippen molar-refractivity contribution in [3.63, 3.8) is 0 Å². The van der Waals surface area contributed by atoms with Gasteiger partial charge in [0.25, 0.3) is 0 Å². The van der Waals surface area contributed by atoms with Crippen molar-refractivity contribution in [3.8, 4) is 0 Å². The smallest absolute Gasteiger partial charge is 0.0727 e. The summed E-state index contributed by atoms with van der Waals surface area (Å²) < 4.78 is 12.6. The van der Waals surface area contributed by atoms with Crippen LogP contribution in [0.3, 0.4) is 0 Å². The van der Waals surface area contributed by atoms with E-state index in [0.717, 1.165) is 31.6 Å². The van der Waals surface area contributed by atoms with E-state index in [1.807, 2.05) is 0 Å². The van der Waals surface area contributed by atoms with Crippen LogP contribution in [0.2, 0.25) is 0 Å². The molecular weight excluding hydrogens is 304 g/mol. The number of rotatable bonds is 1. The lowest BCUT2D eigenvalue weighted by Crippen LogP contribution is -2.66. The molecule has 0 aromatic carbocycles. The van der Waals surface area contributed by atoms with Gasteiger partial charge in [-0.2, -0.15) is 0 Å². The summed E-state index contributed by atoms with van der Waals surface area (Å²) in [5.74, 6) is 0.831. The van der Waals surface area contributed by atoms with Gasteiger partial charge in [0.05, 0.1) is 5.60 Å². The lowest BCUT2D eigenvalue weighted by atomic mass is 9.37. The molecule has 6 fully saturated rings. The first kappa shape index (κ1) is 15.4. The Bertz CT molecular complexity index is 536. The topological polar surface area (TPSA) is 37.3 Å². The Kier molecular flexibility index (Phi) is 2.97. The van der Waals surface area contributed by atoms with E-state index < -0.39 is 16.4 Å². The first-order valence-corrected chi connectivity index (χ1v) is 11.1. The van der Waals surface area contributed by atoms with Crippen molar-refractivity contribution in [2.75, 3.05) is 0 Å². The highest BCUT2D eigenvalue weighted by Crippen LogP contribution is 2.73. The Hall–Kier alpha value is 0.110. The quantitative estimate of drug-likeness (QED) is 0.780. The van der Waals surface area contributed by atoms with Crippen molar-refractivity contribution in [3.05, 3.63) is 0 Å². The summed E-state index contributed by atoms with van der Waals surface area (Å²) in [6, 6.07) is 0. The van der Waals surface area contributed by atoms with E-state index in [4.69, 9.17) is 0 Å². The highest BCUT2D eigenvalue weighted by atomic mass is 32.2. The van der Waals surface area contributed by atoms with Crippen LogP contribution in [0.5, 0.6) is 0 Å². The molecule has 1 N–H and O–H groups in total. The standard InChI is InChI=1S/C20H32O2S/c1-17-6-14-7-18(2,11-17)13-19(8-14,12-17)20(21)9-15-4-3-5-16(10-20)23(15)22/h14-16,21H,3-13H2,1-2H3. The first-order valence-electron chi connectivity index (χ1n) is 9.86.